The minimum Gasteiger partial charge on any atom is -0.550 e. The van der Waals surface area contributed by atoms with E-state index in [0.29, 0.717) is 19.4 Å². The third-order valence-electron chi connectivity index (χ3n) is 6.51. The molecule has 0 radical (unpaired) electrons. The van der Waals surface area contributed by atoms with Gasteiger partial charge < -0.3 is 25.3 Å². The lowest BCUT2D eigenvalue weighted by Gasteiger charge is -2.12. The third-order valence-corrected chi connectivity index (χ3v) is 6.51. The van der Waals surface area contributed by atoms with Gasteiger partial charge in [0.1, 0.15) is 0 Å². The van der Waals surface area contributed by atoms with Gasteiger partial charge in [-0.3, -0.25) is 4.79 Å². The molecule has 0 amide bonds. The first-order chi connectivity index (χ1) is 14.4. The number of hydrogen-bond acceptors (Lipinski definition) is 5. The van der Waals surface area contributed by atoms with E-state index in [1.807, 2.05) is 0 Å². The molecule has 0 spiro atoms. The fourth-order valence-electron chi connectivity index (χ4n) is 4.42. The molecule has 6 nitrogen and oxygen atoms in total. The average molecular weight is 461 g/mol. The molecule has 2 heterocycles. The topological polar surface area (TPSA) is 95.1 Å². The van der Waals surface area contributed by atoms with Crippen LogP contribution in [0.15, 0.2) is 0 Å². The van der Waals surface area contributed by atoms with Crippen LogP contribution in [0.5, 0.6) is 0 Å². The second-order valence-electron chi connectivity index (χ2n) is 8.61. The van der Waals surface area contributed by atoms with Gasteiger partial charge in [0.15, 0.2) is 0 Å². The fourth-order valence-corrected chi connectivity index (χ4v) is 4.42. The molecule has 2 saturated heterocycles. The maximum Gasteiger partial charge on any atom is 0.302 e. The van der Waals surface area contributed by atoms with Gasteiger partial charge in [0, 0.05) is 24.7 Å². The van der Waals surface area contributed by atoms with E-state index in [1.54, 1.807) is 0 Å². The minimum atomic E-state index is -1.03. The highest BCUT2D eigenvalue weighted by Crippen LogP contribution is 2.22. The molecular formula is C26H56N2O4. The predicted molar refractivity (Wildman–Crippen MR) is 133 cm³/mol. The number of hydrogen-bond donors (Lipinski definition) is 2. The van der Waals surface area contributed by atoms with Crippen LogP contribution in [0.25, 0.3) is 0 Å². The summed E-state index contributed by atoms with van der Waals surface area (Å²) in [5, 5.41) is 15.8. The zero-order valence-corrected chi connectivity index (χ0v) is 20.2. The van der Waals surface area contributed by atoms with Crippen LogP contribution in [0, 0.1) is 23.7 Å². The molecule has 32 heavy (non-hydrogen) atoms. The third kappa shape index (κ3) is 17.4. The van der Waals surface area contributed by atoms with Crippen molar-refractivity contribution in [2.45, 2.75) is 101 Å². The highest BCUT2D eigenvalue weighted by molar-refractivity contribution is 5.65. The fraction of sp³-hybridized carbons (Fsp3) is 0.923. The van der Waals surface area contributed by atoms with Crippen molar-refractivity contribution in [3.05, 3.63) is 0 Å². The van der Waals surface area contributed by atoms with Crippen LogP contribution < -0.4 is 15.7 Å². The van der Waals surface area contributed by atoms with Crippen molar-refractivity contribution in [3.63, 3.8) is 0 Å². The molecule has 6 heteroatoms. The molecule has 2 fully saturated rings. The normalized spacial score (nSPS) is 23.4. The number of nitrogens with one attached hydrogen (secondary N) is 1. The van der Waals surface area contributed by atoms with Crippen LogP contribution in [-0.4, -0.2) is 44.7 Å². The van der Waals surface area contributed by atoms with Gasteiger partial charge in [0.25, 0.3) is 0 Å². The van der Waals surface area contributed by atoms with Gasteiger partial charge in [-0.1, -0.05) is 55.4 Å². The molecule has 0 aromatic rings. The number of esters is 1. The Bertz CT molecular complexity index is 386. The summed E-state index contributed by atoms with van der Waals surface area (Å²) < 4.78 is 4.65. The number of unbranched alkanes of at least 4 members (excludes halogenated alkanes) is 2. The molecule has 4 unspecified atom stereocenters. The van der Waals surface area contributed by atoms with E-state index >= 15 is 0 Å². The molecule has 0 aromatic carbocycles. The number of aliphatic carboxylic acids is 1. The van der Waals surface area contributed by atoms with E-state index in [9.17, 15) is 14.7 Å². The Morgan fingerprint density at radius 3 is 1.69 bits per heavy atom. The molecular weight excluding hydrogens is 404 g/mol. The summed E-state index contributed by atoms with van der Waals surface area (Å²) in [6.07, 6.45) is 7.61. The van der Waals surface area contributed by atoms with Crippen molar-refractivity contribution < 1.29 is 24.7 Å². The molecule has 0 bridgehead atoms. The maximum absolute atomic E-state index is 10.3. The largest absolute Gasteiger partial charge is 0.550 e. The summed E-state index contributed by atoms with van der Waals surface area (Å²) in [7, 11) is 0. The Hall–Kier alpha value is -1.14. The SMILES string of the molecule is C.C.CC(=O)OCCCCCC(=O)[O-].CCC1CNCC1CC.CCC1C[NH2+]CC1CC. The van der Waals surface area contributed by atoms with Gasteiger partial charge in [0.2, 0.25) is 0 Å². The highest BCUT2D eigenvalue weighted by atomic mass is 16.5. The first-order valence-corrected chi connectivity index (χ1v) is 12.2. The first kappa shape index (κ1) is 35.4. The van der Waals surface area contributed by atoms with E-state index in [-0.39, 0.29) is 27.2 Å². The van der Waals surface area contributed by atoms with Crippen LogP contribution in [0.4, 0.5) is 0 Å². The number of carboxylic acid groups (broad SMARTS) is 1. The number of ether oxygens (including phenoxy) is 1. The van der Waals surface area contributed by atoms with Gasteiger partial charge in [-0.25, -0.2) is 0 Å². The molecule has 0 aliphatic carbocycles. The summed E-state index contributed by atoms with van der Waals surface area (Å²) >= 11 is 0. The number of carbonyl (C=O) groups excluding carboxylic acids is 2. The zero-order valence-electron chi connectivity index (χ0n) is 20.2. The lowest BCUT2D eigenvalue weighted by molar-refractivity contribution is -0.640. The lowest BCUT2D eigenvalue weighted by atomic mass is 9.92. The Morgan fingerprint density at radius 2 is 1.31 bits per heavy atom. The van der Waals surface area contributed by atoms with E-state index in [2.05, 4.69) is 43.1 Å². The van der Waals surface area contributed by atoms with Gasteiger partial charge in [0.05, 0.1) is 19.7 Å². The van der Waals surface area contributed by atoms with Crippen LogP contribution >= 0.6 is 0 Å². The molecule has 0 saturated carbocycles. The van der Waals surface area contributed by atoms with Crippen LogP contribution in [0.1, 0.15) is 101 Å². The van der Waals surface area contributed by atoms with E-state index < -0.39 is 5.97 Å². The number of carboxylic acids is 1. The minimum absolute atomic E-state index is 0. The van der Waals surface area contributed by atoms with Gasteiger partial charge in [-0.05, 0) is 63.5 Å². The van der Waals surface area contributed by atoms with Gasteiger partial charge in [-0.2, -0.15) is 0 Å². The van der Waals surface area contributed by atoms with Crippen molar-refractivity contribution in [3.8, 4) is 0 Å². The molecule has 4 atom stereocenters. The van der Waals surface area contributed by atoms with Crippen molar-refractivity contribution in [1.82, 2.24) is 5.32 Å². The smallest absolute Gasteiger partial charge is 0.302 e. The summed E-state index contributed by atoms with van der Waals surface area (Å²) in [5.74, 6) is 2.66. The molecule has 2 rings (SSSR count). The Balaban J connectivity index is -0.000000386. The predicted octanol–water partition coefficient (Wildman–Crippen LogP) is 3.39. The summed E-state index contributed by atoms with van der Waals surface area (Å²) in [6.45, 7) is 16.2. The van der Waals surface area contributed by atoms with Crippen LogP contribution in [0.2, 0.25) is 0 Å². The van der Waals surface area contributed by atoms with Gasteiger partial charge in [-0.15, -0.1) is 0 Å². The average Bonchev–Trinajstić information content (AvgIpc) is 3.39. The van der Waals surface area contributed by atoms with Crippen LogP contribution in [0.3, 0.4) is 0 Å². The Kier molecular flexibility index (Phi) is 25.5. The zero-order chi connectivity index (χ0) is 22.8. The monoisotopic (exact) mass is 460 g/mol. The summed E-state index contributed by atoms with van der Waals surface area (Å²) in [5.41, 5.74) is 0. The number of nitrogens with two attached hydrogens (primary N) is 1. The summed E-state index contributed by atoms with van der Waals surface area (Å²) in [6, 6.07) is 0. The number of carbonyl (C=O) groups is 2. The molecule has 0 aromatic heterocycles. The molecule has 3 N–H and O–H groups in total. The Labute approximate surface area is 199 Å². The van der Waals surface area contributed by atoms with Gasteiger partial charge >= 0.3 is 5.97 Å². The molecule has 194 valence electrons. The number of quaternary nitrogens is 1. The lowest BCUT2D eigenvalue weighted by Crippen LogP contribution is -2.81. The number of rotatable bonds is 10. The second-order valence-corrected chi connectivity index (χ2v) is 8.61. The maximum atomic E-state index is 10.3. The highest BCUT2D eigenvalue weighted by Gasteiger charge is 2.26. The Morgan fingerprint density at radius 1 is 0.844 bits per heavy atom. The molecule has 2 aliphatic heterocycles. The van der Waals surface area contributed by atoms with Crippen molar-refractivity contribution in [2.75, 3.05) is 32.8 Å². The second kappa shape index (κ2) is 23.0. The van der Waals surface area contributed by atoms with E-state index in [0.717, 1.165) is 30.1 Å². The van der Waals surface area contributed by atoms with Crippen LogP contribution in [-0.2, 0) is 14.3 Å². The van der Waals surface area contributed by atoms with E-state index in [4.69, 9.17) is 0 Å². The van der Waals surface area contributed by atoms with Crippen molar-refractivity contribution in [2.24, 2.45) is 23.7 Å². The first-order valence-electron chi connectivity index (χ1n) is 12.2. The van der Waals surface area contributed by atoms with E-state index in [1.165, 1.54) is 58.8 Å². The summed E-state index contributed by atoms with van der Waals surface area (Å²) in [4.78, 5) is 20.2. The molecule has 2 aliphatic rings. The van der Waals surface area contributed by atoms with Crippen molar-refractivity contribution >= 4 is 11.9 Å². The standard InChI is InChI=1S/2C8H17N.C8H14O4.2CH4/c2*1-3-7-5-9-6-8(7)4-2;1-7(9)12-6-4-2-3-5-8(10)11;;/h2*7-9H,3-6H2,1-2H3;2-6H2,1H3,(H,10,11);2*1H4. The quantitative estimate of drug-likeness (QED) is 0.385. The van der Waals surface area contributed by atoms with Crippen molar-refractivity contribution in [1.29, 1.82) is 0 Å².